The molecule has 6 nitrogen and oxygen atoms in total. The summed E-state index contributed by atoms with van der Waals surface area (Å²) in [5, 5.41) is 0. The van der Waals surface area contributed by atoms with Gasteiger partial charge in [-0.1, -0.05) is 30.3 Å². The molecule has 1 atom stereocenters. The molecule has 2 aromatic rings. The summed E-state index contributed by atoms with van der Waals surface area (Å²) in [5.41, 5.74) is 0. The molecule has 1 aliphatic rings. The molecule has 1 heterocycles. The van der Waals surface area contributed by atoms with Crippen LogP contribution in [0.1, 0.15) is 6.92 Å². The minimum Gasteiger partial charge on any atom is -0.481 e. The molecule has 2 aromatic carbocycles. The third-order valence-corrected chi connectivity index (χ3v) is 6.34. The number of carbonyl (C=O) groups is 1. The second-order valence-corrected chi connectivity index (χ2v) is 8.14. The maximum atomic E-state index is 13.9. The Balaban J connectivity index is 1.61. The molecule has 0 aliphatic carbocycles. The molecule has 1 amide bonds. The van der Waals surface area contributed by atoms with E-state index in [-0.39, 0.29) is 37.0 Å². The second-order valence-electron chi connectivity index (χ2n) is 6.23. The minimum atomic E-state index is -3.92. The molecule has 144 valence electrons. The van der Waals surface area contributed by atoms with Crippen LogP contribution in [-0.4, -0.2) is 55.8 Å². The van der Waals surface area contributed by atoms with Crippen LogP contribution in [0.4, 0.5) is 4.39 Å². The van der Waals surface area contributed by atoms with Crippen molar-refractivity contribution in [2.24, 2.45) is 0 Å². The van der Waals surface area contributed by atoms with Gasteiger partial charge in [0.2, 0.25) is 10.0 Å². The summed E-state index contributed by atoms with van der Waals surface area (Å²) >= 11 is 0. The second kappa shape index (κ2) is 8.06. The Labute approximate surface area is 158 Å². The maximum absolute atomic E-state index is 13.9. The van der Waals surface area contributed by atoms with Crippen LogP contribution in [0.2, 0.25) is 0 Å². The van der Waals surface area contributed by atoms with E-state index in [1.54, 1.807) is 24.0 Å². The summed E-state index contributed by atoms with van der Waals surface area (Å²) < 4.78 is 45.9. The molecule has 0 aromatic heterocycles. The Morgan fingerprint density at radius 1 is 1.00 bits per heavy atom. The molecule has 3 rings (SSSR count). The predicted octanol–water partition coefficient (Wildman–Crippen LogP) is 2.13. The van der Waals surface area contributed by atoms with Crippen molar-refractivity contribution in [1.82, 2.24) is 9.21 Å². The Morgan fingerprint density at radius 3 is 2.22 bits per heavy atom. The quantitative estimate of drug-likeness (QED) is 0.782. The fourth-order valence-corrected chi connectivity index (χ4v) is 4.44. The van der Waals surface area contributed by atoms with Gasteiger partial charge in [-0.25, -0.2) is 12.8 Å². The zero-order chi connectivity index (χ0) is 19.4. The number of rotatable bonds is 5. The Kier molecular flexibility index (Phi) is 5.76. The molecule has 0 unspecified atom stereocenters. The molecule has 1 fully saturated rings. The summed E-state index contributed by atoms with van der Waals surface area (Å²) in [6, 6.07) is 14.3. The van der Waals surface area contributed by atoms with E-state index in [1.807, 2.05) is 18.2 Å². The highest BCUT2D eigenvalue weighted by Gasteiger charge is 2.33. The lowest BCUT2D eigenvalue weighted by Crippen LogP contribution is -2.53. The molecule has 0 spiro atoms. The van der Waals surface area contributed by atoms with E-state index in [9.17, 15) is 17.6 Å². The lowest BCUT2D eigenvalue weighted by Gasteiger charge is -2.35. The molecule has 0 saturated carbocycles. The molecular weight excluding hydrogens is 371 g/mol. The first kappa shape index (κ1) is 19.3. The SMILES string of the molecule is C[C@@H](Oc1ccccc1)C(=O)N1CCN(S(=O)(=O)c2ccccc2F)CC1. The third kappa shape index (κ3) is 4.28. The molecule has 27 heavy (non-hydrogen) atoms. The van der Waals surface area contributed by atoms with Crippen molar-refractivity contribution in [2.75, 3.05) is 26.2 Å². The number of benzene rings is 2. The van der Waals surface area contributed by atoms with Crippen LogP contribution in [0.5, 0.6) is 5.75 Å². The van der Waals surface area contributed by atoms with Crippen molar-refractivity contribution < 1.29 is 22.3 Å². The van der Waals surface area contributed by atoms with E-state index in [0.29, 0.717) is 5.75 Å². The van der Waals surface area contributed by atoms with Crippen LogP contribution in [-0.2, 0) is 14.8 Å². The molecule has 1 aliphatic heterocycles. The topological polar surface area (TPSA) is 66.9 Å². The molecule has 0 radical (unpaired) electrons. The van der Waals surface area contributed by atoms with E-state index >= 15 is 0 Å². The van der Waals surface area contributed by atoms with Crippen molar-refractivity contribution in [3.05, 3.63) is 60.4 Å². The van der Waals surface area contributed by atoms with Crippen molar-refractivity contribution in [1.29, 1.82) is 0 Å². The van der Waals surface area contributed by atoms with Crippen molar-refractivity contribution in [2.45, 2.75) is 17.9 Å². The van der Waals surface area contributed by atoms with Gasteiger partial charge in [0.1, 0.15) is 16.5 Å². The van der Waals surface area contributed by atoms with Gasteiger partial charge in [0.15, 0.2) is 6.10 Å². The van der Waals surface area contributed by atoms with Crippen molar-refractivity contribution in [3.8, 4) is 5.75 Å². The van der Waals surface area contributed by atoms with Crippen LogP contribution in [0.15, 0.2) is 59.5 Å². The standard InChI is InChI=1S/C19H21FN2O4S/c1-15(26-16-7-3-2-4-8-16)19(23)21-11-13-22(14-12-21)27(24,25)18-10-6-5-9-17(18)20/h2-10,15H,11-14H2,1H3/t15-/m1/s1. The number of hydrogen-bond acceptors (Lipinski definition) is 4. The van der Waals surface area contributed by atoms with Crippen LogP contribution in [0, 0.1) is 5.82 Å². The summed E-state index contributed by atoms with van der Waals surface area (Å²) in [6.45, 7) is 2.35. The summed E-state index contributed by atoms with van der Waals surface area (Å²) in [5.74, 6) is -0.387. The number of amides is 1. The molecule has 8 heteroatoms. The van der Waals surface area contributed by atoms with E-state index in [0.717, 1.165) is 6.07 Å². The first-order valence-electron chi connectivity index (χ1n) is 8.65. The molecule has 0 bridgehead atoms. The van der Waals surface area contributed by atoms with Crippen LogP contribution < -0.4 is 4.74 Å². The van der Waals surface area contributed by atoms with E-state index in [2.05, 4.69) is 0 Å². The molecule has 1 saturated heterocycles. The summed E-state index contributed by atoms with van der Waals surface area (Å²) in [6.07, 6.45) is -0.679. The highest BCUT2D eigenvalue weighted by Crippen LogP contribution is 2.21. The van der Waals surface area contributed by atoms with Gasteiger partial charge in [-0.05, 0) is 31.2 Å². The monoisotopic (exact) mass is 392 g/mol. The van der Waals surface area contributed by atoms with Crippen molar-refractivity contribution in [3.63, 3.8) is 0 Å². The highest BCUT2D eigenvalue weighted by atomic mass is 32.2. The van der Waals surface area contributed by atoms with Gasteiger partial charge in [0, 0.05) is 26.2 Å². The van der Waals surface area contributed by atoms with Gasteiger partial charge in [0.25, 0.3) is 5.91 Å². The molecule has 0 N–H and O–H groups in total. The number of piperazine rings is 1. The number of halogens is 1. The average Bonchev–Trinajstić information content (AvgIpc) is 2.68. The van der Waals surface area contributed by atoms with Gasteiger partial charge < -0.3 is 9.64 Å². The number of hydrogen-bond donors (Lipinski definition) is 0. The summed E-state index contributed by atoms with van der Waals surface area (Å²) in [7, 11) is -3.92. The Hall–Kier alpha value is -2.45. The zero-order valence-electron chi connectivity index (χ0n) is 14.9. The smallest absolute Gasteiger partial charge is 0.263 e. The van der Waals surface area contributed by atoms with Crippen LogP contribution in [0.25, 0.3) is 0 Å². The highest BCUT2D eigenvalue weighted by molar-refractivity contribution is 7.89. The normalized spacial score (nSPS) is 16.7. The number of ether oxygens (including phenoxy) is 1. The molecular formula is C19H21FN2O4S. The maximum Gasteiger partial charge on any atom is 0.263 e. The number of nitrogens with zero attached hydrogens (tertiary/aromatic N) is 2. The minimum absolute atomic E-state index is 0.112. The predicted molar refractivity (Wildman–Crippen MR) is 98.3 cm³/mol. The fourth-order valence-electron chi connectivity index (χ4n) is 2.95. The van der Waals surface area contributed by atoms with Crippen LogP contribution in [0.3, 0.4) is 0 Å². The third-order valence-electron chi connectivity index (χ3n) is 4.41. The van der Waals surface area contributed by atoms with E-state index < -0.39 is 21.9 Å². The van der Waals surface area contributed by atoms with Crippen LogP contribution >= 0.6 is 0 Å². The fraction of sp³-hybridized carbons (Fsp3) is 0.316. The van der Waals surface area contributed by atoms with Gasteiger partial charge >= 0.3 is 0 Å². The Morgan fingerprint density at radius 2 is 1.59 bits per heavy atom. The lowest BCUT2D eigenvalue weighted by molar-refractivity contribution is -0.139. The van der Waals surface area contributed by atoms with Gasteiger partial charge in [-0.15, -0.1) is 0 Å². The number of carbonyl (C=O) groups excluding carboxylic acids is 1. The Bertz CT molecular complexity index is 897. The van der Waals surface area contributed by atoms with Crippen molar-refractivity contribution >= 4 is 15.9 Å². The van der Waals surface area contributed by atoms with Gasteiger partial charge in [-0.3, -0.25) is 4.79 Å². The van der Waals surface area contributed by atoms with E-state index in [1.165, 1.54) is 22.5 Å². The average molecular weight is 392 g/mol. The number of para-hydroxylation sites is 1. The first-order valence-corrected chi connectivity index (χ1v) is 10.1. The summed E-state index contributed by atoms with van der Waals surface area (Å²) in [4.78, 5) is 13.8. The van der Waals surface area contributed by atoms with Gasteiger partial charge in [-0.2, -0.15) is 4.31 Å². The largest absolute Gasteiger partial charge is 0.481 e. The first-order chi connectivity index (χ1) is 12.9. The van der Waals surface area contributed by atoms with E-state index in [4.69, 9.17) is 4.74 Å². The van der Waals surface area contributed by atoms with Gasteiger partial charge in [0.05, 0.1) is 0 Å². The zero-order valence-corrected chi connectivity index (χ0v) is 15.7. The lowest BCUT2D eigenvalue weighted by atomic mass is 10.3. The number of sulfonamides is 1.